The second-order valence-corrected chi connectivity index (χ2v) is 6.86. The lowest BCUT2D eigenvalue weighted by molar-refractivity contribution is 0.00852. The van der Waals surface area contributed by atoms with Crippen LogP contribution in [0, 0.1) is 0 Å². The molecule has 8 heteroatoms. The summed E-state index contributed by atoms with van der Waals surface area (Å²) in [6.45, 7) is 0. The molecule has 1 atom stereocenters. The summed E-state index contributed by atoms with van der Waals surface area (Å²) in [7, 11) is 0. The molecule has 1 unspecified atom stereocenters. The Balaban J connectivity index is 1.76. The molecular formula is C18H15ClF2N4O. The molecule has 2 N–H and O–H groups in total. The highest BCUT2D eigenvalue weighted by molar-refractivity contribution is 6.30. The van der Waals surface area contributed by atoms with E-state index in [2.05, 4.69) is 20.5 Å². The zero-order valence-corrected chi connectivity index (χ0v) is 14.3. The van der Waals surface area contributed by atoms with Crippen LogP contribution in [0.25, 0.3) is 22.0 Å². The molecule has 1 aliphatic carbocycles. The first kappa shape index (κ1) is 16.9. The molecule has 1 aliphatic rings. The number of phenols is 1. The third-order valence-corrected chi connectivity index (χ3v) is 4.78. The predicted molar refractivity (Wildman–Crippen MR) is 95.7 cm³/mol. The van der Waals surface area contributed by atoms with E-state index in [9.17, 15) is 13.9 Å². The highest BCUT2D eigenvalue weighted by Gasteiger charge is 2.39. The molecule has 26 heavy (non-hydrogen) atoms. The van der Waals surface area contributed by atoms with E-state index in [4.69, 9.17) is 11.6 Å². The van der Waals surface area contributed by atoms with Crippen molar-refractivity contribution in [3.63, 3.8) is 0 Å². The molecule has 1 aromatic carbocycles. The van der Waals surface area contributed by atoms with Gasteiger partial charge < -0.3 is 10.4 Å². The summed E-state index contributed by atoms with van der Waals surface area (Å²) >= 11 is 5.89. The van der Waals surface area contributed by atoms with E-state index in [0.29, 0.717) is 39.3 Å². The fraction of sp³-hybridized carbons (Fsp3) is 0.278. The number of alkyl halides is 2. The topological polar surface area (TPSA) is 70.9 Å². The number of nitrogens with one attached hydrogen (secondary N) is 1. The van der Waals surface area contributed by atoms with Crippen LogP contribution in [0.1, 0.15) is 19.3 Å². The number of pyridine rings is 1. The minimum Gasteiger partial charge on any atom is -0.507 e. The Morgan fingerprint density at radius 1 is 1.19 bits per heavy atom. The van der Waals surface area contributed by atoms with Crippen LogP contribution in [-0.4, -0.2) is 32.3 Å². The number of halogens is 3. The molecule has 0 aliphatic heterocycles. The molecule has 2 heterocycles. The molecule has 134 valence electrons. The van der Waals surface area contributed by atoms with Gasteiger partial charge in [0.2, 0.25) is 5.92 Å². The Labute approximate surface area is 153 Å². The van der Waals surface area contributed by atoms with Crippen molar-refractivity contribution < 1.29 is 13.9 Å². The molecular weight excluding hydrogens is 362 g/mol. The molecule has 1 saturated carbocycles. The van der Waals surface area contributed by atoms with Gasteiger partial charge in [-0.05, 0) is 30.7 Å². The molecule has 5 nitrogen and oxygen atoms in total. The average molecular weight is 377 g/mol. The van der Waals surface area contributed by atoms with Crippen molar-refractivity contribution in [3.05, 3.63) is 41.7 Å². The summed E-state index contributed by atoms with van der Waals surface area (Å²) in [5, 5.41) is 23.4. The van der Waals surface area contributed by atoms with Crippen LogP contribution in [0.3, 0.4) is 0 Å². The molecule has 4 rings (SSSR count). The number of hydrogen-bond acceptors (Lipinski definition) is 5. The van der Waals surface area contributed by atoms with Gasteiger partial charge >= 0.3 is 0 Å². The summed E-state index contributed by atoms with van der Waals surface area (Å²) in [6.07, 6.45) is 3.22. The van der Waals surface area contributed by atoms with E-state index >= 15 is 0 Å². The largest absolute Gasteiger partial charge is 0.507 e. The number of hydrogen-bond donors (Lipinski definition) is 2. The Hall–Kier alpha value is -2.54. The fourth-order valence-corrected chi connectivity index (χ4v) is 3.44. The predicted octanol–water partition coefficient (Wildman–Crippen LogP) is 4.65. The SMILES string of the molecule is Oc1cc(Cl)ccc1-c1nnc(NC2CCC(F)(F)C2)c2cnccc12. The second-order valence-electron chi connectivity index (χ2n) is 6.42. The number of fused-ring (bicyclic) bond motifs is 1. The molecule has 1 fully saturated rings. The van der Waals surface area contributed by atoms with E-state index < -0.39 is 5.92 Å². The van der Waals surface area contributed by atoms with Gasteiger partial charge in [-0.15, -0.1) is 10.2 Å². The second kappa shape index (κ2) is 6.32. The maximum atomic E-state index is 13.4. The number of aromatic nitrogens is 3. The molecule has 2 aromatic heterocycles. The van der Waals surface area contributed by atoms with Crippen LogP contribution in [0.2, 0.25) is 5.02 Å². The average Bonchev–Trinajstić information content (AvgIpc) is 2.94. The van der Waals surface area contributed by atoms with Crippen molar-refractivity contribution >= 4 is 28.2 Å². The Bertz CT molecular complexity index is 983. The molecule has 0 bridgehead atoms. The number of phenolic OH excluding ortho intramolecular Hbond substituents is 1. The van der Waals surface area contributed by atoms with Crippen LogP contribution in [0.4, 0.5) is 14.6 Å². The van der Waals surface area contributed by atoms with Gasteiger partial charge in [0.1, 0.15) is 11.4 Å². The van der Waals surface area contributed by atoms with E-state index in [1.807, 2.05) is 0 Å². The van der Waals surface area contributed by atoms with Crippen molar-refractivity contribution in [1.29, 1.82) is 0 Å². The quantitative estimate of drug-likeness (QED) is 0.696. The van der Waals surface area contributed by atoms with E-state index in [1.54, 1.807) is 30.6 Å². The van der Waals surface area contributed by atoms with E-state index in [-0.39, 0.29) is 24.6 Å². The number of aromatic hydroxyl groups is 1. The lowest BCUT2D eigenvalue weighted by Gasteiger charge is -2.16. The van der Waals surface area contributed by atoms with E-state index in [0.717, 1.165) is 0 Å². The lowest BCUT2D eigenvalue weighted by Crippen LogP contribution is -2.20. The maximum Gasteiger partial charge on any atom is 0.250 e. The number of benzene rings is 1. The van der Waals surface area contributed by atoms with Crippen molar-refractivity contribution in [2.45, 2.75) is 31.2 Å². The molecule has 0 amide bonds. The summed E-state index contributed by atoms with van der Waals surface area (Å²) in [6, 6.07) is 6.13. The van der Waals surface area contributed by atoms with Crippen LogP contribution >= 0.6 is 11.6 Å². The Kier molecular flexibility index (Phi) is 4.11. The summed E-state index contributed by atoms with van der Waals surface area (Å²) in [5.41, 5.74) is 0.955. The van der Waals surface area contributed by atoms with Crippen molar-refractivity contribution in [2.75, 3.05) is 5.32 Å². The fourth-order valence-electron chi connectivity index (χ4n) is 3.27. The van der Waals surface area contributed by atoms with Crippen LogP contribution in [0.5, 0.6) is 5.75 Å². The van der Waals surface area contributed by atoms with Crippen LogP contribution < -0.4 is 5.32 Å². The van der Waals surface area contributed by atoms with Crippen molar-refractivity contribution in [3.8, 4) is 17.0 Å². The van der Waals surface area contributed by atoms with Gasteiger partial charge in [-0.3, -0.25) is 4.98 Å². The molecule has 0 saturated heterocycles. The monoisotopic (exact) mass is 376 g/mol. The van der Waals surface area contributed by atoms with E-state index in [1.165, 1.54) is 6.07 Å². The summed E-state index contributed by atoms with van der Waals surface area (Å²) in [4.78, 5) is 4.11. The van der Waals surface area contributed by atoms with Crippen molar-refractivity contribution in [2.24, 2.45) is 0 Å². The van der Waals surface area contributed by atoms with Crippen molar-refractivity contribution in [1.82, 2.24) is 15.2 Å². The van der Waals surface area contributed by atoms with Gasteiger partial charge in [0.05, 0.1) is 0 Å². The number of anilines is 1. The zero-order valence-electron chi connectivity index (χ0n) is 13.6. The third kappa shape index (κ3) is 3.14. The first-order valence-electron chi connectivity index (χ1n) is 8.17. The smallest absolute Gasteiger partial charge is 0.250 e. The maximum absolute atomic E-state index is 13.4. The van der Waals surface area contributed by atoms with Gasteiger partial charge in [-0.25, -0.2) is 8.78 Å². The Morgan fingerprint density at radius 3 is 2.77 bits per heavy atom. The van der Waals surface area contributed by atoms with Crippen LogP contribution in [0.15, 0.2) is 36.7 Å². The van der Waals surface area contributed by atoms with Gasteiger partial charge in [-0.1, -0.05) is 11.6 Å². The third-order valence-electron chi connectivity index (χ3n) is 4.54. The first-order valence-corrected chi connectivity index (χ1v) is 8.54. The summed E-state index contributed by atoms with van der Waals surface area (Å²) < 4.78 is 26.9. The van der Waals surface area contributed by atoms with Gasteiger partial charge in [0.25, 0.3) is 0 Å². The molecule has 0 radical (unpaired) electrons. The van der Waals surface area contributed by atoms with Gasteiger partial charge in [-0.2, -0.15) is 0 Å². The first-order chi connectivity index (χ1) is 12.4. The zero-order chi connectivity index (χ0) is 18.3. The normalized spacial score (nSPS) is 19.0. The molecule has 3 aromatic rings. The number of rotatable bonds is 3. The van der Waals surface area contributed by atoms with Gasteiger partial charge in [0, 0.05) is 52.6 Å². The minimum absolute atomic E-state index is 0.0129. The van der Waals surface area contributed by atoms with Gasteiger partial charge in [0.15, 0.2) is 5.82 Å². The highest BCUT2D eigenvalue weighted by atomic mass is 35.5. The Morgan fingerprint density at radius 2 is 2.04 bits per heavy atom. The lowest BCUT2D eigenvalue weighted by atomic mass is 10.1. The number of nitrogens with zero attached hydrogens (tertiary/aromatic N) is 3. The molecule has 0 spiro atoms. The standard InChI is InChI=1S/C18H15ClF2N4O/c19-10-1-2-13(15(26)7-10)16-12-4-6-22-9-14(12)17(25-24-16)23-11-3-5-18(20,21)8-11/h1-2,4,6-7,9,11,26H,3,5,8H2,(H,23,25). The minimum atomic E-state index is -2.64. The summed E-state index contributed by atoms with van der Waals surface area (Å²) in [5.74, 6) is -2.25. The van der Waals surface area contributed by atoms with Crippen LogP contribution in [-0.2, 0) is 0 Å². The highest BCUT2D eigenvalue weighted by Crippen LogP contribution is 2.38.